The van der Waals surface area contributed by atoms with Gasteiger partial charge in [-0.1, -0.05) is 25.5 Å². The van der Waals surface area contributed by atoms with Crippen molar-refractivity contribution < 1.29 is 19.1 Å². The topological polar surface area (TPSA) is 88.7 Å². The lowest BCUT2D eigenvalue weighted by molar-refractivity contribution is -0.124. The third kappa shape index (κ3) is 7.46. The summed E-state index contributed by atoms with van der Waals surface area (Å²) in [5.74, 6) is 0.359. The number of nitrogens with one attached hydrogen (secondary N) is 3. The number of amides is 2. The number of hydrogen-bond donors (Lipinski definition) is 3. The van der Waals surface area contributed by atoms with Gasteiger partial charge < -0.3 is 14.8 Å². The Kier molecular flexibility index (Phi) is 8.45. The predicted octanol–water partition coefficient (Wildman–Crippen LogP) is 1.29. The predicted molar refractivity (Wildman–Crippen MR) is 90.0 cm³/mol. The zero-order chi connectivity index (χ0) is 17.1. The van der Waals surface area contributed by atoms with Crippen molar-refractivity contribution in [3.63, 3.8) is 0 Å². The molecule has 23 heavy (non-hydrogen) atoms. The maximum Gasteiger partial charge on any atom is 0.276 e. The highest BCUT2D eigenvalue weighted by molar-refractivity contribution is 7.80. The van der Waals surface area contributed by atoms with Crippen LogP contribution in [0.15, 0.2) is 24.3 Å². The lowest BCUT2D eigenvalue weighted by Gasteiger charge is -2.12. The highest BCUT2D eigenvalue weighted by Gasteiger charge is 2.08. The molecular formula is C15H21N3O4S. The van der Waals surface area contributed by atoms with Crippen LogP contribution in [0.3, 0.4) is 0 Å². The van der Waals surface area contributed by atoms with Crippen LogP contribution in [0.5, 0.6) is 11.5 Å². The average molecular weight is 339 g/mol. The Morgan fingerprint density at radius 2 is 1.83 bits per heavy atom. The Morgan fingerprint density at radius 1 is 1.13 bits per heavy atom. The summed E-state index contributed by atoms with van der Waals surface area (Å²) in [4.78, 5) is 23.1. The van der Waals surface area contributed by atoms with Gasteiger partial charge in [-0.05, 0) is 30.8 Å². The van der Waals surface area contributed by atoms with Gasteiger partial charge in [-0.3, -0.25) is 20.4 Å². The van der Waals surface area contributed by atoms with Gasteiger partial charge in [0.25, 0.3) is 5.91 Å². The number of thiocarbonyl (C=S) groups is 1. The van der Waals surface area contributed by atoms with Crippen molar-refractivity contribution in [1.82, 2.24) is 16.2 Å². The number of benzene rings is 1. The summed E-state index contributed by atoms with van der Waals surface area (Å²) in [6.07, 6.45) is 2.10. The minimum absolute atomic E-state index is 0.0387. The number of unbranched alkanes of at least 4 members (excludes halogenated alkanes) is 1. The smallest absolute Gasteiger partial charge is 0.276 e. The van der Waals surface area contributed by atoms with Crippen molar-refractivity contribution in [3.05, 3.63) is 24.3 Å². The van der Waals surface area contributed by atoms with Crippen molar-refractivity contribution in [2.24, 2.45) is 0 Å². The minimum atomic E-state index is -0.443. The standard InChI is InChI=1S/C15H21N3O4S/c1-3-4-9-13(19)16-15(23)18-17-14(20)10-22-12-8-6-5-7-11(12)21-2/h5-8H,3-4,9-10H2,1-2H3,(H,17,20)(H2,16,18,19,23). The number of para-hydroxylation sites is 2. The third-order valence-corrected chi connectivity index (χ3v) is 2.96. The summed E-state index contributed by atoms with van der Waals surface area (Å²) in [5, 5.41) is 2.51. The second-order valence-corrected chi connectivity index (χ2v) is 5.00. The molecule has 0 heterocycles. The Labute approximate surface area is 140 Å². The maximum atomic E-state index is 11.7. The highest BCUT2D eigenvalue weighted by Crippen LogP contribution is 2.25. The second-order valence-electron chi connectivity index (χ2n) is 4.59. The van der Waals surface area contributed by atoms with E-state index in [1.165, 1.54) is 7.11 Å². The van der Waals surface area contributed by atoms with Crippen molar-refractivity contribution in [1.29, 1.82) is 0 Å². The molecule has 0 bridgehead atoms. The lowest BCUT2D eigenvalue weighted by atomic mass is 10.2. The summed E-state index contributed by atoms with van der Waals surface area (Å²) in [6, 6.07) is 6.99. The van der Waals surface area contributed by atoms with Crippen molar-refractivity contribution in [2.75, 3.05) is 13.7 Å². The first-order valence-electron chi connectivity index (χ1n) is 7.21. The molecule has 1 aromatic carbocycles. The van der Waals surface area contributed by atoms with Crippen LogP contribution < -0.4 is 25.6 Å². The molecule has 0 aromatic heterocycles. The largest absolute Gasteiger partial charge is 0.493 e. The number of hydrazine groups is 1. The quantitative estimate of drug-likeness (QED) is 0.512. The van der Waals surface area contributed by atoms with E-state index in [0.717, 1.165) is 12.8 Å². The van der Waals surface area contributed by atoms with E-state index in [1.54, 1.807) is 24.3 Å². The molecule has 1 rings (SSSR count). The van der Waals surface area contributed by atoms with Crippen molar-refractivity contribution >= 4 is 29.1 Å². The van der Waals surface area contributed by atoms with Gasteiger partial charge in [0.2, 0.25) is 5.91 Å². The van der Waals surface area contributed by atoms with E-state index in [-0.39, 0.29) is 17.6 Å². The SMILES string of the molecule is CCCCC(=O)NC(=S)NNC(=O)COc1ccccc1OC. The normalized spacial score (nSPS) is 9.65. The van der Waals surface area contributed by atoms with Gasteiger partial charge in [0.15, 0.2) is 23.2 Å². The first kappa shape index (κ1) is 18.7. The van der Waals surface area contributed by atoms with Gasteiger partial charge >= 0.3 is 0 Å². The van der Waals surface area contributed by atoms with Gasteiger partial charge in [0.1, 0.15) is 0 Å². The molecule has 0 radical (unpaired) electrons. The molecule has 0 aliphatic rings. The summed E-state index contributed by atoms with van der Waals surface area (Å²) in [6.45, 7) is 1.77. The van der Waals surface area contributed by atoms with Crippen LogP contribution in [0, 0.1) is 0 Å². The summed E-state index contributed by atoms with van der Waals surface area (Å²) >= 11 is 4.90. The molecule has 126 valence electrons. The lowest BCUT2D eigenvalue weighted by Crippen LogP contribution is -2.49. The van der Waals surface area contributed by atoms with Gasteiger partial charge in [-0.2, -0.15) is 0 Å². The highest BCUT2D eigenvalue weighted by atomic mass is 32.1. The monoisotopic (exact) mass is 339 g/mol. The fraction of sp³-hybridized carbons (Fsp3) is 0.400. The maximum absolute atomic E-state index is 11.7. The van der Waals surface area contributed by atoms with Crippen LogP contribution in [0.4, 0.5) is 0 Å². The first-order valence-corrected chi connectivity index (χ1v) is 7.62. The molecule has 0 aliphatic carbocycles. The fourth-order valence-electron chi connectivity index (χ4n) is 1.60. The van der Waals surface area contributed by atoms with E-state index in [9.17, 15) is 9.59 Å². The summed E-state index contributed by atoms with van der Waals surface area (Å²) in [7, 11) is 1.52. The van der Waals surface area contributed by atoms with Crippen LogP contribution in [0.1, 0.15) is 26.2 Å². The third-order valence-electron chi connectivity index (χ3n) is 2.75. The Morgan fingerprint density at radius 3 is 2.48 bits per heavy atom. The number of carbonyl (C=O) groups excluding carboxylic acids is 2. The molecule has 0 fully saturated rings. The molecule has 8 heteroatoms. The van der Waals surface area contributed by atoms with E-state index < -0.39 is 5.91 Å². The Balaban J connectivity index is 2.29. The zero-order valence-electron chi connectivity index (χ0n) is 13.2. The molecule has 7 nitrogen and oxygen atoms in total. The van der Waals surface area contributed by atoms with Crippen LogP contribution in [0.2, 0.25) is 0 Å². The second kappa shape index (κ2) is 10.4. The molecule has 2 amide bonds. The van der Waals surface area contributed by atoms with Gasteiger partial charge in [0, 0.05) is 6.42 Å². The van der Waals surface area contributed by atoms with Crippen LogP contribution >= 0.6 is 12.2 Å². The van der Waals surface area contributed by atoms with Gasteiger partial charge in [-0.25, -0.2) is 0 Å². The van der Waals surface area contributed by atoms with E-state index in [4.69, 9.17) is 21.7 Å². The number of carbonyl (C=O) groups is 2. The zero-order valence-corrected chi connectivity index (χ0v) is 14.0. The molecule has 0 aliphatic heterocycles. The first-order chi connectivity index (χ1) is 11.1. The van der Waals surface area contributed by atoms with Crippen molar-refractivity contribution in [2.45, 2.75) is 26.2 Å². The van der Waals surface area contributed by atoms with Crippen molar-refractivity contribution in [3.8, 4) is 11.5 Å². The molecule has 0 saturated carbocycles. The number of ether oxygens (including phenoxy) is 2. The number of rotatable bonds is 7. The fourth-order valence-corrected chi connectivity index (χ4v) is 1.77. The average Bonchev–Trinajstić information content (AvgIpc) is 2.56. The van der Waals surface area contributed by atoms with Crippen LogP contribution in [-0.4, -0.2) is 30.6 Å². The van der Waals surface area contributed by atoms with E-state index in [0.29, 0.717) is 17.9 Å². The number of methoxy groups -OCH3 is 1. The molecule has 0 atom stereocenters. The minimum Gasteiger partial charge on any atom is -0.493 e. The molecule has 1 aromatic rings. The van der Waals surface area contributed by atoms with E-state index in [2.05, 4.69) is 16.2 Å². The number of hydrogen-bond acceptors (Lipinski definition) is 5. The summed E-state index contributed by atoms with van der Waals surface area (Å²) < 4.78 is 10.5. The molecular weight excluding hydrogens is 318 g/mol. The van der Waals surface area contributed by atoms with E-state index in [1.807, 2.05) is 6.92 Å². The Hall–Kier alpha value is -2.35. The van der Waals surface area contributed by atoms with E-state index >= 15 is 0 Å². The molecule has 3 N–H and O–H groups in total. The molecule has 0 spiro atoms. The van der Waals surface area contributed by atoms with Gasteiger partial charge in [0.05, 0.1) is 7.11 Å². The molecule has 0 unspecified atom stereocenters. The van der Waals surface area contributed by atoms with Crippen LogP contribution in [0.25, 0.3) is 0 Å². The van der Waals surface area contributed by atoms with Gasteiger partial charge in [-0.15, -0.1) is 0 Å². The molecule has 0 saturated heterocycles. The van der Waals surface area contributed by atoms with Crippen LogP contribution in [-0.2, 0) is 9.59 Å². The summed E-state index contributed by atoms with van der Waals surface area (Å²) in [5.41, 5.74) is 4.78. The Bertz CT molecular complexity index is 551.